The zero-order valence-corrected chi connectivity index (χ0v) is 10.6. The summed E-state index contributed by atoms with van der Waals surface area (Å²) in [6.45, 7) is 3.84. The summed E-state index contributed by atoms with van der Waals surface area (Å²) < 4.78 is 5.28. The van der Waals surface area contributed by atoms with Crippen molar-refractivity contribution in [1.29, 1.82) is 0 Å². The quantitative estimate of drug-likeness (QED) is 0.820. The lowest BCUT2D eigenvalue weighted by atomic mass is 10.1. The molecule has 1 aromatic carbocycles. The number of hydrogen-bond acceptors (Lipinski definition) is 3. The first-order valence-electron chi connectivity index (χ1n) is 6.31. The molecule has 1 saturated carbocycles. The van der Waals surface area contributed by atoms with E-state index in [9.17, 15) is 5.11 Å². The standard InChI is InChI=1S/C14H21NO2/c1-3-15(11-8-9-11)10-13(16)12-6-4-5-7-14(12)17-2/h4-7,11,13,16H,3,8-10H2,1-2H3. The molecule has 3 nitrogen and oxygen atoms in total. The smallest absolute Gasteiger partial charge is 0.124 e. The average molecular weight is 235 g/mol. The monoisotopic (exact) mass is 235 g/mol. The molecule has 94 valence electrons. The second kappa shape index (κ2) is 5.52. The molecule has 17 heavy (non-hydrogen) atoms. The van der Waals surface area contributed by atoms with Gasteiger partial charge in [-0.1, -0.05) is 25.1 Å². The molecule has 0 aliphatic heterocycles. The van der Waals surface area contributed by atoms with E-state index in [0.29, 0.717) is 12.6 Å². The van der Waals surface area contributed by atoms with Crippen LogP contribution in [0.5, 0.6) is 5.75 Å². The Morgan fingerprint density at radius 2 is 2.12 bits per heavy atom. The van der Waals surface area contributed by atoms with Crippen LogP contribution >= 0.6 is 0 Å². The SMILES string of the molecule is CCN(CC(O)c1ccccc1OC)C1CC1. The fraction of sp³-hybridized carbons (Fsp3) is 0.571. The Bertz CT molecular complexity index is 363. The fourth-order valence-corrected chi connectivity index (χ4v) is 2.24. The highest BCUT2D eigenvalue weighted by Gasteiger charge is 2.29. The van der Waals surface area contributed by atoms with E-state index in [4.69, 9.17) is 4.74 Å². The third-order valence-corrected chi connectivity index (χ3v) is 3.37. The number of ether oxygens (including phenoxy) is 1. The van der Waals surface area contributed by atoms with Crippen LogP contribution in [0.2, 0.25) is 0 Å². The van der Waals surface area contributed by atoms with Crippen molar-refractivity contribution in [2.45, 2.75) is 31.9 Å². The minimum atomic E-state index is -0.466. The van der Waals surface area contributed by atoms with E-state index < -0.39 is 6.10 Å². The van der Waals surface area contributed by atoms with Crippen LogP contribution in [0, 0.1) is 0 Å². The molecule has 2 rings (SSSR count). The summed E-state index contributed by atoms with van der Waals surface area (Å²) in [4.78, 5) is 2.34. The van der Waals surface area contributed by atoms with Gasteiger partial charge in [-0.2, -0.15) is 0 Å². The molecule has 1 aromatic rings. The van der Waals surface area contributed by atoms with Gasteiger partial charge < -0.3 is 9.84 Å². The highest BCUT2D eigenvalue weighted by Crippen LogP contribution is 2.30. The lowest BCUT2D eigenvalue weighted by Crippen LogP contribution is -2.30. The van der Waals surface area contributed by atoms with Crippen molar-refractivity contribution in [3.05, 3.63) is 29.8 Å². The maximum atomic E-state index is 10.3. The van der Waals surface area contributed by atoms with Crippen LogP contribution in [-0.4, -0.2) is 36.2 Å². The number of aliphatic hydroxyl groups is 1. The Kier molecular flexibility index (Phi) is 4.02. The first-order chi connectivity index (χ1) is 8.26. The van der Waals surface area contributed by atoms with Gasteiger partial charge >= 0.3 is 0 Å². The lowest BCUT2D eigenvalue weighted by Gasteiger charge is -2.24. The fourth-order valence-electron chi connectivity index (χ4n) is 2.24. The minimum absolute atomic E-state index is 0.466. The number of benzene rings is 1. The van der Waals surface area contributed by atoms with E-state index in [-0.39, 0.29) is 0 Å². The normalized spacial score (nSPS) is 17.2. The molecule has 1 aliphatic rings. The summed E-state index contributed by atoms with van der Waals surface area (Å²) in [5, 5.41) is 10.3. The Morgan fingerprint density at radius 1 is 1.41 bits per heavy atom. The molecule has 0 amide bonds. The summed E-state index contributed by atoms with van der Waals surface area (Å²) >= 11 is 0. The molecule has 0 bridgehead atoms. The second-order valence-corrected chi connectivity index (χ2v) is 4.58. The van der Waals surface area contributed by atoms with Crippen molar-refractivity contribution in [3.63, 3.8) is 0 Å². The van der Waals surface area contributed by atoms with E-state index in [0.717, 1.165) is 17.9 Å². The van der Waals surface area contributed by atoms with Crippen molar-refractivity contribution in [2.75, 3.05) is 20.2 Å². The van der Waals surface area contributed by atoms with Crippen LogP contribution in [0.1, 0.15) is 31.4 Å². The average Bonchev–Trinajstić information content (AvgIpc) is 3.19. The molecule has 0 saturated heterocycles. The Morgan fingerprint density at radius 3 is 2.71 bits per heavy atom. The van der Waals surface area contributed by atoms with E-state index in [1.165, 1.54) is 12.8 Å². The first-order valence-corrected chi connectivity index (χ1v) is 6.31. The molecule has 1 fully saturated rings. The molecule has 3 heteroatoms. The van der Waals surface area contributed by atoms with Gasteiger partial charge in [0, 0.05) is 18.2 Å². The third kappa shape index (κ3) is 2.99. The maximum Gasteiger partial charge on any atom is 0.124 e. The van der Waals surface area contributed by atoms with Gasteiger partial charge in [0.25, 0.3) is 0 Å². The molecule has 0 aromatic heterocycles. The van der Waals surface area contributed by atoms with Crippen LogP contribution in [0.15, 0.2) is 24.3 Å². The van der Waals surface area contributed by atoms with Crippen LogP contribution in [0.4, 0.5) is 0 Å². The number of methoxy groups -OCH3 is 1. The predicted octanol–water partition coefficient (Wildman–Crippen LogP) is 2.21. The molecule has 1 atom stereocenters. The Labute approximate surface area is 103 Å². The molecule has 0 spiro atoms. The number of hydrogen-bond donors (Lipinski definition) is 1. The minimum Gasteiger partial charge on any atom is -0.496 e. The molecule has 1 unspecified atom stereocenters. The van der Waals surface area contributed by atoms with E-state index in [1.807, 2.05) is 24.3 Å². The van der Waals surface area contributed by atoms with E-state index in [1.54, 1.807) is 7.11 Å². The summed E-state index contributed by atoms with van der Waals surface area (Å²) in [5.74, 6) is 0.770. The van der Waals surface area contributed by atoms with Crippen molar-refractivity contribution >= 4 is 0 Å². The number of aliphatic hydroxyl groups excluding tert-OH is 1. The van der Waals surface area contributed by atoms with Crippen LogP contribution in [-0.2, 0) is 0 Å². The van der Waals surface area contributed by atoms with Gasteiger partial charge in [-0.15, -0.1) is 0 Å². The largest absolute Gasteiger partial charge is 0.496 e. The van der Waals surface area contributed by atoms with Crippen LogP contribution in [0.25, 0.3) is 0 Å². The van der Waals surface area contributed by atoms with Gasteiger partial charge in [-0.25, -0.2) is 0 Å². The van der Waals surface area contributed by atoms with Gasteiger partial charge in [0.1, 0.15) is 5.75 Å². The summed E-state index contributed by atoms with van der Waals surface area (Å²) in [6.07, 6.45) is 2.07. The maximum absolute atomic E-state index is 10.3. The molecule has 0 heterocycles. The highest BCUT2D eigenvalue weighted by atomic mass is 16.5. The van der Waals surface area contributed by atoms with Crippen LogP contribution in [0.3, 0.4) is 0 Å². The number of likely N-dealkylation sites (N-methyl/N-ethyl adjacent to an activating group) is 1. The topological polar surface area (TPSA) is 32.7 Å². The molecule has 1 aliphatic carbocycles. The first kappa shape index (κ1) is 12.4. The summed E-state index contributed by atoms with van der Waals surface area (Å²) in [7, 11) is 1.64. The zero-order valence-electron chi connectivity index (χ0n) is 10.6. The van der Waals surface area contributed by atoms with Crippen molar-refractivity contribution in [3.8, 4) is 5.75 Å². The number of para-hydroxylation sites is 1. The second-order valence-electron chi connectivity index (χ2n) is 4.58. The predicted molar refractivity (Wildman–Crippen MR) is 68.2 cm³/mol. The van der Waals surface area contributed by atoms with Gasteiger partial charge in [0.05, 0.1) is 13.2 Å². The molecule has 1 N–H and O–H groups in total. The zero-order chi connectivity index (χ0) is 12.3. The van der Waals surface area contributed by atoms with Gasteiger partial charge in [0.15, 0.2) is 0 Å². The van der Waals surface area contributed by atoms with E-state index in [2.05, 4.69) is 11.8 Å². The van der Waals surface area contributed by atoms with Crippen molar-refractivity contribution in [1.82, 2.24) is 4.90 Å². The van der Waals surface area contributed by atoms with E-state index >= 15 is 0 Å². The number of nitrogens with zero attached hydrogens (tertiary/aromatic N) is 1. The van der Waals surface area contributed by atoms with Gasteiger partial charge in [-0.05, 0) is 25.5 Å². The van der Waals surface area contributed by atoms with Crippen LogP contribution < -0.4 is 4.74 Å². The summed E-state index contributed by atoms with van der Waals surface area (Å²) in [5.41, 5.74) is 0.883. The number of rotatable bonds is 6. The van der Waals surface area contributed by atoms with Gasteiger partial charge in [0.2, 0.25) is 0 Å². The van der Waals surface area contributed by atoms with Crippen molar-refractivity contribution < 1.29 is 9.84 Å². The molecular formula is C14H21NO2. The third-order valence-electron chi connectivity index (χ3n) is 3.37. The van der Waals surface area contributed by atoms with Crippen molar-refractivity contribution in [2.24, 2.45) is 0 Å². The molecular weight excluding hydrogens is 214 g/mol. The molecule has 0 radical (unpaired) electrons. The highest BCUT2D eigenvalue weighted by molar-refractivity contribution is 5.35. The van der Waals surface area contributed by atoms with Gasteiger partial charge in [-0.3, -0.25) is 4.90 Å². The summed E-state index contributed by atoms with van der Waals surface area (Å²) in [6, 6.07) is 8.38. The Hall–Kier alpha value is -1.06. The Balaban J connectivity index is 2.04. The lowest BCUT2D eigenvalue weighted by molar-refractivity contribution is 0.109.